The summed E-state index contributed by atoms with van der Waals surface area (Å²) in [6, 6.07) is 18.4. The number of carbonyl (C=O) groups excluding carboxylic acids is 2. The van der Waals surface area contributed by atoms with E-state index in [2.05, 4.69) is 15.3 Å². The van der Waals surface area contributed by atoms with Crippen LogP contribution in [0.2, 0.25) is 0 Å². The number of esters is 1. The average Bonchev–Trinajstić information content (AvgIpc) is 3.16. The topological polar surface area (TPSA) is 101 Å². The number of aromatic nitrogens is 2. The van der Waals surface area contributed by atoms with Gasteiger partial charge in [-0.05, 0) is 23.6 Å². The molecule has 0 saturated carbocycles. The van der Waals surface area contributed by atoms with Crippen LogP contribution >= 0.6 is 11.3 Å². The van der Waals surface area contributed by atoms with E-state index in [0.29, 0.717) is 32.9 Å². The van der Waals surface area contributed by atoms with Crippen LogP contribution in [-0.2, 0) is 16.0 Å². The quantitative estimate of drug-likeness (QED) is 0.406. The number of nitrogens with one attached hydrogen (secondary N) is 2. The van der Waals surface area contributed by atoms with Crippen LogP contribution in [0.4, 0.5) is 0 Å². The predicted octanol–water partition coefficient (Wildman–Crippen LogP) is 3.92. The molecular formula is C25H23N3O4S. The third-order valence-electron chi connectivity index (χ3n) is 5.38. The fraction of sp³-hybridized carbons (Fsp3) is 0.200. The van der Waals surface area contributed by atoms with Gasteiger partial charge in [-0.2, -0.15) is 0 Å². The number of fused-ring (bicyclic) bond motifs is 1. The van der Waals surface area contributed by atoms with Gasteiger partial charge < -0.3 is 15.0 Å². The zero-order valence-electron chi connectivity index (χ0n) is 18.3. The molecule has 33 heavy (non-hydrogen) atoms. The molecular weight excluding hydrogens is 438 g/mol. The lowest BCUT2D eigenvalue weighted by molar-refractivity contribution is -0.141. The molecule has 0 saturated heterocycles. The van der Waals surface area contributed by atoms with Crippen molar-refractivity contribution >= 4 is 33.4 Å². The normalized spacial score (nSPS) is 11.8. The molecule has 0 bridgehead atoms. The van der Waals surface area contributed by atoms with Crippen molar-refractivity contribution in [1.29, 1.82) is 0 Å². The number of methoxy groups -OCH3 is 1. The maximum Gasteiger partial charge on any atom is 0.307 e. The van der Waals surface area contributed by atoms with Crippen LogP contribution in [0.5, 0.6) is 0 Å². The Morgan fingerprint density at radius 1 is 1.09 bits per heavy atom. The molecule has 0 aliphatic rings. The molecule has 4 rings (SSSR count). The molecule has 2 heterocycles. The van der Waals surface area contributed by atoms with E-state index in [-0.39, 0.29) is 17.9 Å². The Balaban J connectivity index is 1.64. The van der Waals surface area contributed by atoms with E-state index in [0.717, 1.165) is 11.1 Å². The van der Waals surface area contributed by atoms with E-state index in [1.807, 2.05) is 60.7 Å². The molecule has 4 aromatic rings. The summed E-state index contributed by atoms with van der Waals surface area (Å²) in [6.45, 7) is 1.74. The molecule has 0 spiro atoms. The first kappa shape index (κ1) is 22.4. The summed E-state index contributed by atoms with van der Waals surface area (Å²) in [7, 11) is 1.31. The Hall–Kier alpha value is -3.78. The minimum absolute atomic E-state index is 0.00372. The SMILES string of the molecule is COC(=O)CC(NC(=O)c1sc2nc(Cc3ccccc3)[nH]c(=O)c2c1C)c1ccccc1. The van der Waals surface area contributed by atoms with E-state index in [1.54, 1.807) is 6.92 Å². The third-order valence-corrected chi connectivity index (χ3v) is 6.56. The lowest BCUT2D eigenvalue weighted by Gasteiger charge is -2.18. The number of rotatable bonds is 7. The highest BCUT2D eigenvalue weighted by molar-refractivity contribution is 7.20. The van der Waals surface area contributed by atoms with Crippen molar-refractivity contribution in [2.75, 3.05) is 7.11 Å². The van der Waals surface area contributed by atoms with Crippen LogP contribution in [0.1, 0.15) is 44.6 Å². The Bertz CT molecular complexity index is 1350. The summed E-state index contributed by atoms with van der Waals surface area (Å²) in [4.78, 5) is 46.3. The minimum atomic E-state index is -0.560. The maximum absolute atomic E-state index is 13.2. The standard InChI is InChI=1S/C25H23N3O4S/c1-15-21-23(30)27-19(13-16-9-5-3-6-10-16)28-25(21)33-22(15)24(31)26-18(14-20(29)32-2)17-11-7-4-8-12-17/h3-12,18H,13-14H2,1-2H3,(H,26,31)(H,27,28,30). The average molecular weight is 462 g/mol. The summed E-state index contributed by atoms with van der Waals surface area (Å²) in [5.74, 6) is -0.252. The van der Waals surface area contributed by atoms with Crippen molar-refractivity contribution in [3.63, 3.8) is 0 Å². The van der Waals surface area contributed by atoms with E-state index < -0.39 is 12.0 Å². The van der Waals surface area contributed by atoms with Crippen LogP contribution in [0.3, 0.4) is 0 Å². The van der Waals surface area contributed by atoms with Gasteiger partial charge in [0, 0.05) is 6.42 Å². The number of aromatic amines is 1. The molecule has 1 amide bonds. The summed E-state index contributed by atoms with van der Waals surface area (Å²) in [6.07, 6.45) is 0.482. The number of benzene rings is 2. The van der Waals surface area contributed by atoms with Gasteiger partial charge in [-0.25, -0.2) is 4.98 Å². The lowest BCUT2D eigenvalue weighted by atomic mass is 10.0. The van der Waals surface area contributed by atoms with Gasteiger partial charge in [-0.15, -0.1) is 11.3 Å². The molecule has 2 aromatic carbocycles. The smallest absolute Gasteiger partial charge is 0.307 e. The van der Waals surface area contributed by atoms with E-state index in [4.69, 9.17) is 4.74 Å². The van der Waals surface area contributed by atoms with Crippen LogP contribution in [0, 0.1) is 6.92 Å². The molecule has 7 nitrogen and oxygen atoms in total. The zero-order chi connectivity index (χ0) is 23.4. The van der Waals surface area contributed by atoms with Gasteiger partial charge >= 0.3 is 5.97 Å². The monoisotopic (exact) mass is 461 g/mol. The van der Waals surface area contributed by atoms with Crippen molar-refractivity contribution in [3.8, 4) is 0 Å². The summed E-state index contributed by atoms with van der Waals surface area (Å²) >= 11 is 1.17. The van der Waals surface area contributed by atoms with Crippen LogP contribution in [0.25, 0.3) is 10.2 Å². The highest BCUT2D eigenvalue weighted by Gasteiger charge is 2.24. The third kappa shape index (κ3) is 5.01. The molecule has 1 unspecified atom stereocenters. The van der Waals surface area contributed by atoms with Crippen molar-refractivity contribution in [2.45, 2.75) is 25.8 Å². The van der Waals surface area contributed by atoms with Gasteiger partial charge in [-0.3, -0.25) is 14.4 Å². The number of H-pyrrole nitrogens is 1. The van der Waals surface area contributed by atoms with Gasteiger partial charge in [0.1, 0.15) is 10.7 Å². The summed E-state index contributed by atoms with van der Waals surface area (Å²) in [5.41, 5.74) is 2.11. The number of carbonyl (C=O) groups is 2. The molecule has 2 N–H and O–H groups in total. The van der Waals surface area contributed by atoms with E-state index in [9.17, 15) is 14.4 Å². The molecule has 8 heteroatoms. The highest BCUT2D eigenvalue weighted by Crippen LogP contribution is 2.28. The van der Waals surface area contributed by atoms with Crippen molar-refractivity contribution in [3.05, 3.63) is 98.4 Å². The first-order chi connectivity index (χ1) is 16.0. The number of hydrogen-bond donors (Lipinski definition) is 2. The van der Waals surface area contributed by atoms with Crippen molar-refractivity contribution in [2.24, 2.45) is 0 Å². The van der Waals surface area contributed by atoms with Crippen molar-refractivity contribution in [1.82, 2.24) is 15.3 Å². The molecule has 168 valence electrons. The number of aryl methyl sites for hydroxylation is 1. The van der Waals surface area contributed by atoms with Crippen LogP contribution in [0.15, 0.2) is 65.5 Å². The minimum Gasteiger partial charge on any atom is -0.469 e. The molecule has 2 aromatic heterocycles. The van der Waals surface area contributed by atoms with Gasteiger partial charge in [-0.1, -0.05) is 60.7 Å². The Morgan fingerprint density at radius 2 is 1.76 bits per heavy atom. The van der Waals surface area contributed by atoms with Crippen molar-refractivity contribution < 1.29 is 14.3 Å². The fourth-order valence-corrected chi connectivity index (χ4v) is 4.79. The van der Waals surface area contributed by atoms with Gasteiger partial charge in [0.15, 0.2) is 0 Å². The molecule has 1 atom stereocenters. The summed E-state index contributed by atoms with van der Waals surface area (Å²) < 4.78 is 4.80. The second kappa shape index (κ2) is 9.79. The second-order valence-corrected chi connectivity index (χ2v) is 8.63. The number of nitrogens with zero attached hydrogens (tertiary/aromatic N) is 1. The number of ether oxygens (including phenoxy) is 1. The lowest BCUT2D eigenvalue weighted by Crippen LogP contribution is -2.30. The summed E-state index contributed by atoms with van der Waals surface area (Å²) in [5, 5.41) is 3.33. The molecule has 0 fully saturated rings. The highest BCUT2D eigenvalue weighted by atomic mass is 32.1. The number of hydrogen-bond acceptors (Lipinski definition) is 6. The predicted molar refractivity (Wildman–Crippen MR) is 128 cm³/mol. The zero-order valence-corrected chi connectivity index (χ0v) is 19.1. The van der Waals surface area contributed by atoms with Crippen LogP contribution < -0.4 is 10.9 Å². The second-order valence-electron chi connectivity index (χ2n) is 7.63. The Kier molecular flexibility index (Phi) is 6.65. The van der Waals surface area contributed by atoms with Gasteiger partial charge in [0.05, 0.1) is 29.8 Å². The van der Waals surface area contributed by atoms with Crippen LogP contribution in [-0.4, -0.2) is 29.0 Å². The largest absolute Gasteiger partial charge is 0.469 e. The first-order valence-electron chi connectivity index (χ1n) is 10.4. The number of thiophene rings is 1. The molecule has 0 aliphatic heterocycles. The Morgan fingerprint density at radius 3 is 2.42 bits per heavy atom. The van der Waals surface area contributed by atoms with Gasteiger partial charge in [0.2, 0.25) is 0 Å². The fourth-order valence-electron chi connectivity index (χ4n) is 3.69. The maximum atomic E-state index is 13.2. The van der Waals surface area contributed by atoms with E-state index in [1.165, 1.54) is 18.4 Å². The Labute approximate surface area is 194 Å². The number of amides is 1. The van der Waals surface area contributed by atoms with Gasteiger partial charge in [0.25, 0.3) is 11.5 Å². The molecule has 0 radical (unpaired) electrons. The van der Waals surface area contributed by atoms with E-state index >= 15 is 0 Å². The first-order valence-corrected chi connectivity index (χ1v) is 11.3. The molecule has 0 aliphatic carbocycles.